The minimum Gasteiger partial charge on any atom is -0.370 e. The van der Waals surface area contributed by atoms with Crippen LogP contribution in [0.1, 0.15) is 29.2 Å². The highest BCUT2D eigenvalue weighted by atomic mass is 32.2. The van der Waals surface area contributed by atoms with Crippen molar-refractivity contribution in [3.05, 3.63) is 58.8 Å². The Hall–Kier alpha value is -1.48. The first-order chi connectivity index (χ1) is 9.67. The first-order valence-electron chi connectivity index (χ1n) is 7.01. The molecule has 2 nitrogen and oxygen atoms in total. The molecule has 1 aromatic carbocycles. The summed E-state index contributed by atoms with van der Waals surface area (Å²) in [6, 6.07) is 11.0. The van der Waals surface area contributed by atoms with E-state index >= 15 is 0 Å². The number of aryl methyl sites for hydroxylation is 2. The van der Waals surface area contributed by atoms with Crippen molar-refractivity contribution in [3.8, 4) is 0 Å². The third kappa shape index (κ3) is 4.57. The molecular formula is C17H22N2S. The molecule has 0 saturated carbocycles. The molecule has 2 aromatic rings. The summed E-state index contributed by atoms with van der Waals surface area (Å²) in [4.78, 5) is 4.30. The molecular weight excluding hydrogens is 264 g/mol. The van der Waals surface area contributed by atoms with E-state index in [1.807, 2.05) is 18.0 Å². The molecule has 3 heteroatoms. The van der Waals surface area contributed by atoms with Crippen molar-refractivity contribution in [2.45, 2.75) is 32.3 Å². The number of nitrogens with zero attached hydrogens (tertiary/aromatic N) is 1. The standard InChI is InChI=1S/C17H22N2S/c1-4-18-17-10-15(5-6-19-17)11-20-12-16-8-13(2)7-14(3)9-16/h5-10H,4,11-12H2,1-3H3,(H,18,19). The molecule has 0 bridgehead atoms. The lowest BCUT2D eigenvalue weighted by atomic mass is 10.1. The van der Waals surface area contributed by atoms with Crippen LogP contribution in [0.3, 0.4) is 0 Å². The van der Waals surface area contributed by atoms with Crippen molar-refractivity contribution in [2.24, 2.45) is 0 Å². The summed E-state index contributed by atoms with van der Waals surface area (Å²) in [6.45, 7) is 7.31. The summed E-state index contributed by atoms with van der Waals surface area (Å²) in [7, 11) is 0. The molecule has 20 heavy (non-hydrogen) atoms. The zero-order chi connectivity index (χ0) is 14.4. The van der Waals surface area contributed by atoms with Crippen molar-refractivity contribution in [1.82, 2.24) is 4.98 Å². The monoisotopic (exact) mass is 286 g/mol. The van der Waals surface area contributed by atoms with Crippen molar-refractivity contribution in [3.63, 3.8) is 0 Å². The third-order valence-corrected chi connectivity index (χ3v) is 4.08. The highest BCUT2D eigenvalue weighted by Crippen LogP contribution is 2.20. The van der Waals surface area contributed by atoms with Gasteiger partial charge in [-0.1, -0.05) is 29.3 Å². The molecule has 0 radical (unpaired) electrons. The van der Waals surface area contributed by atoms with E-state index in [0.29, 0.717) is 0 Å². The Labute approximate surface area is 126 Å². The molecule has 106 valence electrons. The summed E-state index contributed by atoms with van der Waals surface area (Å²) in [6.07, 6.45) is 1.88. The normalized spacial score (nSPS) is 10.6. The summed E-state index contributed by atoms with van der Waals surface area (Å²) in [5.74, 6) is 3.05. The molecule has 0 amide bonds. The number of anilines is 1. The van der Waals surface area contributed by atoms with E-state index in [1.165, 1.54) is 22.3 Å². The summed E-state index contributed by atoms with van der Waals surface area (Å²) in [5, 5.41) is 3.25. The third-order valence-electron chi connectivity index (χ3n) is 3.00. The second-order valence-corrected chi connectivity index (χ2v) is 6.05. The minimum absolute atomic E-state index is 0.909. The molecule has 0 aliphatic rings. The molecule has 0 aliphatic heterocycles. The largest absolute Gasteiger partial charge is 0.370 e. The molecule has 0 atom stereocenters. The van der Waals surface area contributed by atoms with Gasteiger partial charge in [0.15, 0.2) is 0 Å². The van der Waals surface area contributed by atoms with Gasteiger partial charge < -0.3 is 5.32 Å². The van der Waals surface area contributed by atoms with Gasteiger partial charge in [-0.25, -0.2) is 4.98 Å². The van der Waals surface area contributed by atoms with Gasteiger partial charge >= 0.3 is 0 Å². The molecule has 0 aliphatic carbocycles. The number of hydrogen-bond acceptors (Lipinski definition) is 3. The fourth-order valence-corrected chi connectivity index (χ4v) is 3.20. The maximum atomic E-state index is 4.30. The fourth-order valence-electron chi connectivity index (χ4n) is 2.28. The van der Waals surface area contributed by atoms with E-state index in [2.05, 4.69) is 61.4 Å². The maximum absolute atomic E-state index is 4.30. The second kappa shape index (κ2) is 7.34. The number of nitrogens with one attached hydrogen (secondary N) is 1. The number of thioether (sulfide) groups is 1. The van der Waals surface area contributed by atoms with Gasteiger partial charge in [0, 0.05) is 24.2 Å². The Balaban J connectivity index is 1.90. The number of benzene rings is 1. The molecule has 2 rings (SSSR count). The van der Waals surface area contributed by atoms with Crippen molar-refractivity contribution >= 4 is 17.6 Å². The average Bonchev–Trinajstić information content (AvgIpc) is 2.38. The van der Waals surface area contributed by atoms with E-state index in [0.717, 1.165) is 23.9 Å². The van der Waals surface area contributed by atoms with E-state index < -0.39 is 0 Å². The second-order valence-electron chi connectivity index (χ2n) is 5.07. The van der Waals surface area contributed by atoms with Gasteiger partial charge in [0.25, 0.3) is 0 Å². The number of aromatic nitrogens is 1. The van der Waals surface area contributed by atoms with Crippen LogP contribution in [0.2, 0.25) is 0 Å². The first kappa shape index (κ1) is 14.9. The van der Waals surface area contributed by atoms with Crippen LogP contribution < -0.4 is 5.32 Å². The SMILES string of the molecule is CCNc1cc(CSCc2cc(C)cc(C)c2)ccn1. The highest BCUT2D eigenvalue weighted by Gasteiger charge is 2.00. The van der Waals surface area contributed by atoms with Crippen LogP contribution in [0.5, 0.6) is 0 Å². The fraction of sp³-hybridized carbons (Fsp3) is 0.353. The Morgan fingerprint density at radius 3 is 2.40 bits per heavy atom. The molecule has 1 heterocycles. The molecule has 0 saturated heterocycles. The van der Waals surface area contributed by atoms with Crippen LogP contribution in [-0.4, -0.2) is 11.5 Å². The lowest BCUT2D eigenvalue weighted by molar-refractivity contribution is 1.15. The Morgan fingerprint density at radius 1 is 1.00 bits per heavy atom. The van der Waals surface area contributed by atoms with Gasteiger partial charge in [-0.2, -0.15) is 11.8 Å². The number of pyridine rings is 1. The molecule has 0 spiro atoms. The number of hydrogen-bond donors (Lipinski definition) is 1. The quantitative estimate of drug-likeness (QED) is 0.842. The predicted octanol–water partition coefficient (Wildman–Crippen LogP) is 4.56. The summed E-state index contributed by atoms with van der Waals surface area (Å²) < 4.78 is 0. The van der Waals surface area contributed by atoms with Crippen molar-refractivity contribution in [1.29, 1.82) is 0 Å². The lowest BCUT2D eigenvalue weighted by Crippen LogP contribution is -1.99. The molecule has 1 aromatic heterocycles. The van der Waals surface area contributed by atoms with Gasteiger partial charge in [-0.3, -0.25) is 0 Å². The van der Waals surface area contributed by atoms with Gasteiger partial charge in [-0.15, -0.1) is 0 Å². The predicted molar refractivity (Wildman–Crippen MR) is 89.3 cm³/mol. The van der Waals surface area contributed by atoms with Crippen LogP contribution in [-0.2, 0) is 11.5 Å². The van der Waals surface area contributed by atoms with Crippen LogP contribution in [0, 0.1) is 13.8 Å². The van der Waals surface area contributed by atoms with Gasteiger partial charge in [0.05, 0.1) is 0 Å². The van der Waals surface area contributed by atoms with Gasteiger partial charge in [-0.05, 0) is 44.0 Å². The smallest absolute Gasteiger partial charge is 0.126 e. The molecule has 1 N–H and O–H groups in total. The summed E-state index contributed by atoms with van der Waals surface area (Å²) >= 11 is 1.95. The average molecular weight is 286 g/mol. The topological polar surface area (TPSA) is 24.9 Å². The zero-order valence-corrected chi connectivity index (χ0v) is 13.3. The zero-order valence-electron chi connectivity index (χ0n) is 12.4. The molecule has 0 fully saturated rings. The van der Waals surface area contributed by atoms with Gasteiger partial charge in [0.2, 0.25) is 0 Å². The number of rotatable bonds is 6. The molecule has 0 unspecified atom stereocenters. The van der Waals surface area contributed by atoms with Crippen LogP contribution in [0.15, 0.2) is 36.5 Å². The van der Waals surface area contributed by atoms with Crippen LogP contribution in [0.25, 0.3) is 0 Å². The van der Waals surface area contributed by atoms with Crippen LogP contribution in [0.4, 0.5) is 5.82 Å². The van der Waals surface area contributed by atoms with Gasteiger partial charge in [0.1, 0.15) is 5.82 Å². The maximum Gasteiger partial charge on any atom is 0.126 e. The van der Waals surface area contributed by atoms with Crippen LogP contribution >= 0.6 is 11.8 Å². The minimum atomic E-state index is 0.909. The first-order valence-corrected chi connectivity index (χ1v) is 8.16. The highest BCUT2D eigenvalue weighted by molar-refractivity contribution is 7.97. The van der Waals surface area contributed by atoms with E-state index in [-0.39, 0.29) is 0 Å². The Morgan fingerprint density at radius 2 is 1.70 bits per heavy atom. The van der Waals surface area contributed by atoms with Crippen molar-refractivity contribution < 1.29 is 0 Å². The van der Waals surface area contributed by atoms with E-state index in [4.69, 9.17) is 0 Å². The van der Waals surface area contributed by atoms with Crippen molar-refractivity contribution in [2.75, 3.05) is 11.9 Å². The van der Waals surface area contributed by atoms with E-state index in [9.17, 15) is 0 Å². The Bertz CT molecular complexity index is 546. The summed E-state index contributed by atoms with van der Waals surface area (Å²) in [5.41, 5.74) is 5.43. The van der Waals surface area contributed by atoms with E-state index in [1.54, 1.807) is 0 Å². The lowest BCUT2D eigenvalue weighted by Gasteiger charge is -2.07. The Kier molecular flexibility index (Phi) is 5.48.